The van der Waals surface area contributed by atoms with Crippen molar-refractivity contribution in [1.82, 2.24) is 5.32 Å². The second-order valence-corrected chi connectivity index (χ2v) is 4.96. The van der Waals surface area contributed by atoms with Gasteiger partial charge in [0.05, 0.1) is 5.60 Å². The topological polar surface area (TPSA) is 67.8 Å². The van der Waals surface area contributed by atoms with E-state index in [1.54, 1.807) is 7.11 Å². The minimum Gasteiger partial charge on any atom is -0.480 e. The van der Waals surface area contributed by atoms with Crippen LogP contribution in [0.5, 0.6) is 0 Å². The van der Waals surface area contributed by atoms with E-state index < -0.39 is 12.0 Å². The summed E-state index contributed by atoms with van der Waals surface area (Å²) in [6.07, 6.45) is 2.21. The van der Waals surface area contributed by atoms with Gasteiger partial charge in [-0.25, -0.2) is 0 Å². The van der Waals surface area contributed by atoms with E-state index in [9.17, 15) is 4.79 Å². The molecule has 0 aliphatic heterocycles. The van der Waals surface area contributed by atoms with E-state index in [0.717, 1.165) is 12.8 Å². The van der Waals surface area contributed by atoms with Crippen molar-refractivity contribution in [3.8, 4) is 0 Å². The van der Waals surface area contributed by atoms with Crippen LogP contribution in [0.15, 0.2) is 0 Å². The van der Waals surface area contributed by atoms with Crippen molar-refractivity contribution in [2.75, 3.05) is 26.9 Å². The lowest BCUT2D eigenvalue weighted by atomic mass is 10.1. The molecule has 5 nitrogen and oxygen atoms in total. The van der Waals surface area contributed by atoms with Gasteiger partial charge in [0.2, 0.25) is 0 Å². The molecular formula is C13H27NO4. The van der Waals surface area contributed by atoms with Crippen molar-refractivity contribution in [3.63, 3.8) is 0 Å². The molecule has 5 heteroatoms. The van der Waals surface area contributed by atoms with Crippen LogP contribution in [0.3, 0.4) is 0 Å². The summed E-state index contributed by atoms with van der Waals surface area (Å²) in [5.41, 5.74) is -0.188. The van der Waals surface area contributed by atoms with E-state index in [-0.39, 0.29) is 5.60 Å². The van der Waals surface area contributed by atoms with Crippen LogP contribution in [0.1, 0.15) is 40.0 Å². The zero-order valence-electron chi connectivity index (χ0n) is 12.0. The number of methoxy groups -OCH3 is 1. The molecule has 0 spiro atoms. The molecule has 0 fully saturated rings. The van der Waals surface area contributed by atoms with Gasteiger partial charge in [-0.15, -0.1) is 0 Å². The molecular weight excluding hydrogens is 234 g/mol. The Kier molecular flexibility index (Phi) is 8.97. The van der Waals surface area contributed by atoms with Crippen LogP contribution in [0.2, 0.25) is 0 Å². The van der Waals surface area contributed by atoms with E-state index in [4.69, 9.17) is 14.6 Å². The number of carboxylic acids is 1. The van der Waals surface area contributed by atoms with Gasteiger partial charge < -0.3 is 19.9 Å². The van der Waals surface area contributed by atoms with Gasteiger partial charge in [0.1, 0.15) is 6.04 Å². The third-order valence-corrected chi connectivity index (χ3v) is 2.89. The summed E-state index contributed by atoms with van der Waals surface area (Å²) in [7, 11) is 1.68. The van der Waals surface area contributed by atoms with Crippen LogP contribution in [-0.4, -0.2) is 49.6 Å². The van der Waals surface area contributed by atoms with E-state index >= 15 is 0 Å². The standard InChI is InChI=1S/C13H27NO4/c1-5-8-14-11(12(15)16)6-9-18-10-7-13(2,3)17-4/h11,14H,5-10H2,1-4H3,(H,15,16). The summed E-state index contributed by atoms with van der Waals surface area (Å²) >= 11 is 0. The third-order valence-electron chi connectivity index (χ3n) is 2.89. The monoisotopic (exact) mass is 261 g/mol. The molecule has 0 radical (unpaired) electrons. The number of hydrogen-bond acceptors (Lipinski definition) is 4. The van der Waals surface area contributed by atoms with Crippen LogP contribution in [0.25, 0.3) is 0 Å². The average Bonchev–Trinajstić information content (AvgIpc) is 2.32. The van der Waals surface area contributed by atoms with Crippen LogP contribution in [0, 0.1) is 0 Å². The molecule has 0 saturated carbocycles. The largest absolute Gasteiger partial charge is 0.480 e. The molecule has 0 rings (SSSR count). The Bertz CT molecular complexity index is 231. The highest BCUT2D eigenvalue weighted by molar-refractivity contribution is 5.73. The Hall–Kier alpha value is -0.650. The molecule has 18 heavy (non-hydrogen) atoms. The molecule has 1 atom stereocenters. The molecule has 1 unspecified atom stereocenters. The van der Waals surface area contributed by atoms with Crippen molar-refractivity contribution in [2.45, 2.75) is 51.7 Å². The van der Waals surface area contributed by atoms with Gasteiger partial charge in [0.15, 0.2) is 0 Å². The summed E-state index contributed by atoms with van der Waals surface area (Å²) in [4.78, 5) is 10.9. The van der Waals surface area contributed by atoms with E-state index in [0.29, 0.717) is 26.2 Å². The Morgan fingerprint density at radius 3 is 2.56 bits per heavy atom. The van der Waals surface area contributed by atoms with Crippen molar-refractivity contribution >= 4 is 5.97 Å². The lowest BCUT2D eigenvalue weighted by Crippen LogP contribution is -2.38. The zero-order valence-corrected chi connectivity index (χ0v) is 12.0. The number of ether oxygens (including phenoxy) is 2. The molecule has 0 aromatic carbocycles. The fourth-order valence-electron chi connectivity index (χ4n) is 1.35. The minimum absolute atomic E-state index is 0.188. The van der Waals surface area contributed by atoms with Crippen LogP contribution >= 0.6 is 0 Å². The van der Waals surface area contributed by atoms with Crippen LogP contribution in [0.4, 0.5) is 0 Å². The normalized spacial score (nSPS) is 13.6. The molecule has 2 N–H and O–H groups in total. The first-order valence-corrected chi connectivity index (χ1v) is 6.52. The summed E-state index contributed by atoms with van der Waals surface area (Å²) < 4.78 is 10.7. The van der Waals surface area contributed by atoms with Crippen molar-refractivity contribution in [3.05, 3.63) is 0 Å². The first-order chi connectivity index (χ1) is 8.43. The average molecular weight is 261 g/mol. The van der Waals surface area contributed by atoms with Gasteiger partial charge in [0, 0.05) is 20.3 Å². The quantitative estimate of drug-likeness (QED) is 0.554. The number of nitrogens with one attached hydrogen (secondary N) is 1. The maximum absolute atomic E-state index is 10.9. The van der Waals surface area contributed by atoms with Gasteiger partial charge in [-0.3, -0.25) is 4.79 Å². The number of rotatable bonds is 11. The number of aliphatic carboxylic acids is 1. The van der Waals surface area contributed by atoms with Crippen molar-refractivity contribution in [2.24, 2.45) is 0 Å². The fourth-order valence-corrected chi connectivity index (χ4v) is 1.35. The van der Waals surface area contributed by atoms with Crippen LogP contribution in [-0.2, 0) is 14.3 Å². The van der Waals surface area contributed by atoms with E-state index in [2.05, 4.69) is 5.32 Å². The highest BCUT2D eigenvalue weighted by Crippen LogP contribution is 2.12. The summed E-state index contributed by atoms with van der Waals surface area (Å²) in [6, 6.07) is -0.514. The lowest BCUT2D eigenvalue weighted by Gasteiger charge is -2.22. The molecule has 0 bridgehead atoms. The van der Waals surface area contributed by atoms with Gasteiger partial charge in [0.25, 0.3) is 0 Å². The zero-order chi connectivity index (χ0) is 14.0. The first kappa shape index (κ1) is 17.4. The number of carbonyl (C=O) groups is 1. The van der Waals surface area contributed by atoms with Crippen molar-refractivity contribution < 1.29 is 19.4 Å². The fraction of sp³-hybridized carbons (Fsp3) is 0.923. The maximum Gasteiger partial charge on any atom is 0.320 e. The number of carboxylic acid groups (broad SMARTS) is 1. The molecule has 0 aromatic rings. The van der Waals surface area contributed by atoms with Crippen molar-refractivity contribution in [1.29, 1.82) is 0 Å². The molecule has 0 aliphatic carbocycles. The SMILES string of the molecule is CCCNC(CCOCCC(C)(C)OC)C(=O)O. The second kappa shape index (κ2) is 9.30. The molecule has 0 aromatic heterocycles. The summed E-state index contributed by atoms with van der Waals surface area (Å²) in [6.45, 7) is 7.76. The smallest absolute Gasteiger partial charge is 0.320 e. The van der Waals surface area contributed by atoms with Gasteiger partial charge in [-0.2, -0.15) is 0 Å². The number of hydrogen-bond donors (Lipinski definition) is 2. The molecule has 0 amide bonds. The molecule has 0 saturated heterocycles. The van der Waals surface area contributed by atoms with E-state index in [1.165, 1.54) is 0 Å². The Morgan fingerprint density at radius 2 is 2.06 bits per heavy atom. The van der Waals surface area contributed by atoms with Gasteiger partial charge in [-0.1, -0.05) is 6.92 Å². The lowest BCUT2D eigenvalue weighted by molar-refractivity contribution is -0.140. The Morgan fingerprint density at radius 1 is 1.39 bits per heavy atom. The third kappa shape index (κ3) is 8.44. The first-order valence-electron chi connectivity index (χ1n) is 6.52. The van der Waals surface area contributed by atoms with Crippen LogP contribution < -0.4 is 5.32 Å². The highest BCUT2D eigenvalue weighted by Gasteiger charge is 2.17. The minimum atomic E-state index is -0.815. The van der Waals surface area contributed by atoms with E-state index in [1.807, 2.05) is 20.8 Å². The Balaban J connectivity index is 3.70. The maximum atomic E-state index is 10.9. The predicted molar refractivity (Wildman–Crippen MR) is 70.9 cm³/mol. The Labute approximate surface area is 110 Å². The second-order valence-electron chi connectivity index (χ2n) is 4.96. The molecule has 0 heterocycles. The highest BCUT2D eigenvalue weighted by atomic mass is 16.5. The van der Waals surface area contributed by atoms with Gasteiger partial charge in [-0.05, 0) is 39.7 Å². The predicted octanol–water partition coefficient (Wildman–Crippen LogP) is 1.66. The summed E-state index contributed by atoms with van der Waals surface area (Å²) in [5.74, 6) is -0.815. The molecule has 0 aliphatic rings. The molecule has 108 valence electrons. The van der Waals surface area contributed by atoms with Gasteiger partial charge >= 0.3 is 5.97 Å². The summed E-state index contributed by atoms with van der Waals surface area (Å²) in [5, 5.41) is 12.0.